The molecule has 0 saturated carbocycles. The van der Waals surface area contributed by atoms with E-state index in [1.54, 1.807) is 25.2 Å². The van der Waals surface area contributed by atoms with Crippen molar-refractivity contribution in [1.29, 1.82) is 0 Å². The van der Waals surface area contributed by atoms with Crippen molar-refractivity contribution in [2.45, 2.75) is 13.0 Å². The number of methoxy groups -OCH3 is 1. The van der Waals surface area contributed by atoms with Gasteiger partial charge in [0.05, 0.1) is 34.3 Å². The standard InChI is InChI=1S/C19H20ClN3O5S2/c1-11(23(30(4,26)27)13-6-8-16(28-3)14(20)10-13)18(24)21-12-5-7-15-17(9-12)29-19(25)22(15)2/h5-11H,1-4H3,(H,21,24). The molecule has 1 N–H and O–H groups in total. The van der Waals surface area contributed by atoms with Crippen LogP contribution in [0.3, 0.4) is 0 Å². The highest BCUT2D eigenvalue weighted by atomic mass is 35.5. The monoisotopic (exact) mass is 469 g/mol. The molecular weight excluding hydrogens is 450 g/mol. The molecule has 11 heteroatoms. The second-order valence-electron chi connectivity index (χ2n) is 6.65. The van der Waals surface area contributed by atoms with E-state index in [1.165, 1.54) is 36.8 Å². The molecule has 0 aliphatic rings. The van der Waals surface area contributed by atoms with E-state index in [0.717, 1.165) is 32.1 Å². The third-order valence-corrected chi connectivity index (χ3v) is 7.07. The van der Waals surface area contributed by atoms with Gasteiger partial charge in [-0.3, -0.25) is 13.9 Å². The van der Waals surface area contributed by atoms with Gasteiger partial charge >= 0.3 is 4.87 Å². The molecule has 1 aromatic heterocycles. The number of rotatable bonds is 6. The first-order chi connectivity index (χ1) is 14.0. The van der Waals surface area contributed by atoms with Gasteiger partial charge in [-0.15, -0.1) is 0 Å². The molecule has 0 saturated heterocycles. The maximum atomic E-state index is 12.9. The van der Waals surface area contributed by atoms with E-state index in [2.05, 4.69) is 5.32 Å². The fraction of sp³-hybridized carbons (Fsp3) is 0.263. The number of benzene rings is 2. The molecule has 1 heterocycles. The van der Waals surface area contributed by atoms with Gasteiger partial charge in [0.2, 0.25) is 15.9 Å². The number of carbonyl (C=O) groups excluding carboxylic acids is 1. The van der Waals surface area contributed by atoms with Crippen LogP contribution < -0.4 is 19.2 Å². The Morgan fingerprint density at radius 3 is 2.57 bits per heavy atom. The SMILES string of the molecule is COc1ccc(N(C(C)C(=O)Nc2ccc3c(c2)sc(=O)n3C)S(C)(=O)=O)cc1Cl. The molecular formula is C19H20ClN3O5S2. The lowest BCUT2D eigenvalue weighted by atomic mass is 10.2. The number of halogens is 1. The first kappa shape index (κ1) is 22.1. The lowest BCUT2D eigenvalue weighted by molar-refractivity contribution is -0.116. The van der Waals surface area contributed by atoms with Gasteiger partial charge in [0, 0.05) is 12.7 Å². The number of carbonyl (C=O) groups is 1. The Morgan fingerprint density at radius 2 is 1.97 bits per heavy atom. The second-order valence-corrected chi connectivity index (χ2v) is 9.91. The van der Waals surface area contributed by atoms with Gasteiger partial charge < -0.3 is 14.6 Å². The van der Waals surface area contributed by atoms with Crippen molar-refractivity contribution >= 4 is 60.5 Å². The van der Waals surface area contributed by atoms with E-state index in [9.17, 15) is 18.0 Å². The largest absolute Gasteiger partial charge is 0.495 e. The van der Waals surface area contributed by atoms with Crippen molar-refractivity contribution in [2.24, 2.45) is 7.05 Å². The number of hydrogen-bond donors (Lipinski definition) is 1. The van der Waals surface area contributed by atoms with E-state index in [-0.39, 0.29) is 15.6 Å². The summed E-state index contributed by atoms with van der Waals surface area (Å²) in [6.07, 6.45) is 1.02. The van der Waals surface area contributed by atoms with Gasteiger partial charge in [-0.05, 0) is 43.3 Å². The molecule has 30 heavy (non-hydrogen) atoms. The molecule has 0 spiro atoms. The van der Waals surface area contributed by atoms with Crippen molar-refractivity contribution in [1.82, 2.24) is 4.57 Å². The van der Waals surface area contributed by atoms with Crippen LogP contribution in [0.4, 0.5) is 11.4 Å². The summed E-state index contributed by atoms with van der Waals surface area (Å²) >= 11 is 7.20. The summed E-state index contributed by atoms with van der Waals surface area (Å²) in [6.45, 7) is 1.48. The zero-order valence-corrected chi connectivity index (χ0v) is 19.1. The minimum atomic E-state index is -3.80. The molecule has 0 fully saturated rings. The summed E-state index contributed by atoms with van der Waals surface area (Å²) in [7, 11) is -0.675. The van der Waals surface area contributed by atoms with E-state index < -0.39 is 22.0 Å². The van der Waals surface area contributed by atoms with Crippen molar-refractivity contribution < 1.29 is 17.9 Å². The summed E-state index contributed by atoms with van der Waals surface area (Å²) in [4.78, 5) is 24.6. The van der Waals surface area contributed by atoms with Crippen molar-refractivity contribution in [2.75, 3.05) is 23.0 Å². The molecule has 2 aromatic carbocycles. The molecule has 8 nitrogen and oxygen atoms in total. The number of ether oxygens (including phenoxy) is 1. The van der Waals surface area contributed by atoms with Crippen LogP contribution in [0.1, 0.15) is 6.92 Å². The van der Waals surface area contributed by atoms with Gasteiger partial charge in [-0.25, -0.2) is 8.42 Å². The van der Waals surface area contributed by atoms with E-state index >= 15 is 0 Å². The first-order valence-corrected chi connectivity index (χ1v) is 11.8. The molecule has 0 radical (unpaired) electrons. The number of hydrogen-bond acceptors (Lipinski definition) is 6. The molecule has 3 aromatic rings. The number of nitrogens with zero attached hydrogens (tertiary/aromatic N) is 2. The van der Waals surface area contributed by atoms with Gasteiger partial charge in [0.1, 0.15) is 11.8 Å². The van der Waals surface area contributed by atoms with E-state index in [4.69, 9.17) is 16.3 Å². The highest BCUT2D eigenvalue weighted by Crippen LogP contribution is 2.31. The highest BCUT2D eigenvalue weighted by Gasteiger charge is 2.29. The average molecular weight is 470 g/mol. The summed E-state index contributed by atoms with van der Waals surface area (Å²) in [5.41, 5.74) is 1.45. The number of aryl methyl sites for hydroxylation is 1. The Bertz CT molecular complexity index is 1280. The van der Waals surface area contributed by atoms with E-state index in [1.807, 2.05) is 0 Å². The number of thiazole rings is 1. The quantitative estimate of drug-likeness (QED) is 0.598. The van der Waals surface area contributed by atoms with E-state index in [0.29, 0.717) is 11.4 Å². The smallest absolute Gasteiger partial charge is 0.307 e. The number of anilines is 2. The maximum absolute atomic E-state index is 12.9. The minimum absolute atomic E-state index is 0.110. The Balaban J connectivity index is 1.91. The minimum Gasteiger partial charge on any atom is -0.495 e. The van der Waals surface area contributed by atoms with Gasteiger partial charge in [-0.2, -0.15) is 0 Å². The molecule has 160 valence electrons. The van der Waals surface area contributed by atoms with Crippen LogP contribution in [0.5, 0.6) is 5.75 Å². The summed E-state index contributed by atoms with van der Waals surface area (Å²) in [6, 6.07) is 8.49. The predicted molar refractivity (Wildman–Crippen MR) is 120 cm³/mol. The van der Waals surface area contributed by atoms with Crippen molar-refractivity contribution in [3.8, 4) is 5.75 Å². The zero-order chi connectivity index (χ0) is 22.2. The summed E-state index contributed by atoms with van der Waals surface area (Å²) < 4.78 is 33.2. The molecule has 1 unspecified atom stereocenters. The van der Waals surface area contributed by atoms with Gasteiger partial charge in [0.15, 0.2) is 0 Å². The third-order valence-electron chi connectivity index (χ3n) is 4.54. The first-order valence-electron chi connectivity index (χ1n) is 8.76. The van der Waals surface area contributed by atoms with Crippen LogP contribution in [0.2, 0.25) is 5.02 Å². The van der Waals surface area contributed by atoms with Crippen LogP contribution in [-0.4, -0.2) is 38.3 Å². The van der Waals surface area contributed by atoms with Crippen LogP contribution in [0.25, 0.3) is 10.2 Å². The molecule has 1 atom stereocenters. The predicted octanol–water partition coefficient (Wildman–Crippen LogP) is 3.06. The Labute approximate surface area is 182 Å². The molecule has 0 bridgehead atoms. The second kappa shape index (κ2) is 8.29. The Hall–Kier alpha value is -2.56. The Kier molecular flexibility index (Phi) is 6.11. The van der Waals surface area contributed by atoms with Gasteiger partial charge in [0.25, 0.3) is 0 Å². The molecule has 3 rings (SSSR count). The number of sulfonamides is 1. The lowest BCUT2D eigenvalue weighted by Crippen LogP contribution is -2.45. The summed E-state index contributed by atoms with van der Waals surface area (Å²) in [5.74, 6) is -0.142. The fourth-order valence-corrected chi connectivity index (χ4v) is 5.40. The lowest BCUT2D eigenvalue weighted by Gasteiger charge is -2.28. The van der Waals surface area contributed by atoms with Crippen LogP contribution in [0, 0.1) is 0 Å². The molecule has 0 aliphatic carbocycles. The number of nitrogens with one attached hydrogen (secondary N) is 1. The third kappa shape index (κ3) is 4.30. The average Bonchev–Trinajstić information content (AvgIpc) is 2.94. The van der Waals surface area contributed by atoms with Crippen LogP contribution in [-0.2, 0) is 21.9 Å². The van der Waals surface area contributed by atoms with Crippen LogP contribution in [0.15, 0.2) is 41.2 Å². The van der Waals surface area contributed by atoms with Crippen LogP contribution >= 0.6 is 22.9 Å². The van der Waals surface area contributed by atoms with Gasteiger partial charge in [-0.1, -0.05) is 22.9 Å². The highest BCUT2D eigenvalue weighted by molar-refractivity contribution is 7.92. The number of amides is 1. The number of aromatic nitrogens is 1. The maximum Gasteiger partial charge on any atom is 0.307 e. The Morgan fingerprint density at radius 1 is 1.27 bits per heavy atom. The normalized spacial score (nSPS) is 12.6. The fourth-order valence-electron chi connectivity index (χ4n) is 3.06. The van der Waals surface area contributed by atoms with Crippen molar-refractivity contribution in [3.63, 3.8) is 0 Å². The summed E-state index contributed by atoms with van der Waals surface area (Å²) in [5, 5.41) is 2.94. The van der Waals surface area contributed by atoms with Crippen molar-refractivity contribution in [3.05, 3.63) is 51.1 Å². The topological polar surface area (TPSA) is 97.7 Å². The zero-order valence-electron chi connectivity index (χ0n) is 16.7. The molecule has 0 aliphatic heterocycles. The number of fused-ring (bicyclic) bond motifs is 1. The molecule has 1 amide bonds.